The number of hydrogen-bond acceptors (Lipinski definition) is 4. The zero-order valence-corrected chi connectivity index (χ0v) is 15.9. The molecule has 0 aliphatic carbocycles. The molecule has 0 fully saturated rings. The number of amides is 1. The van der Waals surface area contributed by atoms with Gasteiger partial charge in [0.25, 0.3) is 5.91 Å². The van der Waals surface area contributed by atoms with Crippen LogP contribution in [0.15, 0.2) is 30.7 Å². The minimum absolute atomic E-state index is 0.0408. The van der Waals surface area contributed by atoms with Crippen LogP contribution >= 0.6 is 0 Å². The number of carbonyl (C=O) groups is 1. The highest BCUT2D eigenvalue weighted by molar-refractivity contribution is 6.02. The molecule has 0 radical (unpaired) electrons. The molecule has 2 aromatic heterocycles. The Kier molecular flexibility index (Phi) is 4.68. The van der Waals surface area contributed by atoms with Crippen molar-refractivity contribution in [3.8, 4) is 5.82 Å². The van der Waals surface area contributed by atoms with Crippen molar-refractivity contribution < 1.29 is 4.79 Å². The molecular weight excluding hydrogens is 326 g/mol. The summed E-state index contributed by atoms with van der Waals surface area (Å²) in [4.78, 5) is 22.8. The van der Waals surface area contributed by atoms with Crippen molar-refractivity contribution in [1.29, 1.82) is 0 Å². The van der Waals surface area contributed by atoms with E-state index >= 15 is 0 Å². The SMILES string of the molecule is Cc1cc2c(ccn2-c2cc(N)ncn2)c(CC(C)C)c1C(=O)N(C)C. The number of carbonyl (C=O) groups excluding carboxylic acids is 1. The average Bonchev–Trinajstić information content (AvgIpc) is 2.97. The predicted molar refractivity (Wildman–Crippen MR) is 105 cm³/mol. The molecule has 0 spiro atoms. The quantitative estimate of drug-likeness (QED) is 0.783. The smallest absolute Gasteiger partial charge is 0.253 e. The van der Waals surface area contributed by atoms with Crippen LogP contribution < -0.4 is 5.73 Å². The van der Waals surface area contributed by atoms with E-state index in [4.69, 9.17) is 5.73 Å². The van der Waals surface area contributed by atoms with Crippen LogP contribution in [0.4, 0.5) is 5.82 Å². The number of benzene rings is 1. The van der Waals surface area contributed by atoms with Gasteiger partial charge in [0.05, 0.1) is 5.52 Å². The highest BCUT2D eigenvalue weighted by Gasteiger charge is 2.21. The van der Waals surface area contributed by atoms with Crippen molar-refractivity contribution in [1.82, 2.24) is 19.4 Å². The van der Waals surface area contributed by atoms with Gasteiger partial charge < -0.3 is 15.2 Å². The van der Waals surface area contributed by atoms with Gasteiger partial charge in [-0.3, -0.25) is 4.79 Å². The largest absolute Gasteiger partial charge is 0.384 e. The second kappa shape index (κ2) is 6.78. The van der Waals surface area contributed by atoms with Gasteiger partial charge in [-0.2, -0.15) is 0 Å². The van der Waals surface area contributed by atoms with E-state index in [1.165, 1.54) is 6.33 Å². The fraction of sp³-hybridized carbons (Fsp3) is 0.350. The van der Waals surface area contributed by atoms with Gasteiger partial charge in [0.1, 0.15) is 18.0 Å². The molecule has 6 heteroatoms. The van der Waals surface area contributed by atoms with E-state index in [0.717, 1.165) is 34.0 Å². The van der Waals surface area contributed by atoms with Crippen molar-refractivity contribution >= 4 is 22.6 Å². The molecular formula is C20H25N5O. The molecule has 0 aliphatic heterocycles. The standard InChI is InChI=1S/C20H25N5O/c1-12(2)8-15-14-6-7-25(18-10-17(21)22-11-23-18)16(14)9-13(3)19(15)20(26)24(4)5/h6-7,9-12H,8H2,1-5H3,(H2,21,22,23). The number of nitrogen functional groups attached to an aromatic ring is 1. The lowest BCUT2D eigenvalue weighted by Crippen LogP contribution is -2.24. The Labute approximate surface area is 153 Å². The molecule has 3 rings (SSSR count). The first kappa shape index (κ1) is 17.9. The Bertz CT molecular complexity index is 972. The van der Waals surface area contributed by atoms with Gasteiger partial charge in [-0.15, -0.1) is 0 Å². The van der Waals surface area contributed by atoms with Crippen LogP contribution in [0.25, 0.3) is 16.7 Å². The van der Waals surface area contributed by atoms with E-state index in [9.17, 15) is 4.79 Å². The van der Waals surface area contributed by atoms with Gasteiger partial charge in [0.2, 0.25) is 0 Å². The minimum atomic E-state index is 0.0408. The molecule has 2 N–H and O–H groups in total. The van der Waals surface area contributed by atoms with Gasteiger partial charge in [-0.1, -0.05) is 13.8 Å². The fourth-order valence-electron chi connectivity index (χ4n) is 3.33. The van der Waals surface area contributed by atoms with Crippen LogP contribution in [0.1, 0.15) is 35.3 Å². The Morgan fingerprint density at radius 1 is 1.27 bits per heavy atom. The zero-order chi connectivity index (χ0) is 19.0. The summed E-state index contributed by atoms with van der Waals surface area (Å²) >= 11 is 0. The number of nitrogens with two attached hydrogens (primary N) is 1. The summed E-state index contributed by atoms with van der Waals surface area (Å²) in [6.07, 6.45) is 4.27. The number of anilines is 1. The first-order valence-corrected chi connectivity index (χ1v) is 8.72. The summed E-state index contributed by atoms with van der Waals surface area (Å²) < 4.78 is 1.99. The van der Waals surface area contributed by atoms with Crippen LogP contribution in [0.2, 0.25) is 0 Å². The number of hydrogen-bond donors (Lipinski definition) is 1. The summed E-state index contributed by atoms with van der Waals surface area (Å²) in [5.41, 5.74) is 9.70. The van der Waals surface area contributed by atoms with Crippen LogP contribution in [0, 0.1) is 12.8 Å². The van der Waals surface area contributed by atoms with Gasteiger partial charge in [-0.25, -0.2) is 9.97 Å². The van der Waals surface area contributed by atoms with Gasteiger partial charge in [0.15, 0.2) is 0 Å². The van der Waals surface area contributed by atoms with Crippen LogP contribution in [-0.4, -0.2) is 39.4 Å². The molecule has 0 unspecified atom stereocenters. The molecule has 6 nitrogen and oxygen atoms in total. The molecule has 3 aromatic rings. The second-order valence-corrected chi connectivity index (χ2v) is 7.26. The van der Waals surface area contributed by atoms with E-state index in [2.05, 4.69) is 29.9 Å². The molecule has 0 saturated heterocycles. The molecule has 0 bridgehead atoms. The topological polar surface area (TPSA) is 77.0 Å². The van der Waals surface area contributed by atoms with Crippen LogP contribution in [0.5, 0.6) is 0 Å². The van der Waals surface area contributed by atoms with Crippen molar-refractivity contribution in [2.75, 3.05) is 19.8 Å². The molecule has 0 aliphatic rings. The molecule has 0 atom stereocenters. The molecule has 26 heavy (non-hydrogen) atoms. The summed E-state index contributed by atoms with van der Waals surface area (Å²) in [5.74, 6) is 1.62. The number of nitrogens with zero attached hydrogens (tertiary/aromatic N) is 4. The van der Waals surface area contributed by atoms with Crippen molar-refractivity contribution in [2.45, 2.75) is 27.2 Å². The van der Waals surface area contributed by atoms with Crippen molar-refractivity contribution in [2.24, 2.45) is 5.92 Å². The first-order valence-electron chi connectivity index (χ1n) is 8.72. The third-order valence-electron chi connectivity index (χ3n) is 4.45. The molecule has 1 amide bonds. The fourth-order valence-corrected chi connectivity index (χ4v) is 3.33. The summed E-state index contributed by atoms with van der Waals surface area (Å²) in [6.45, 7) is 6.33. The van der Waals surface area contributed by atoms with Crippen LogP contribution in [0.3, 0.4) is 0 Å². The highest BCUT2D eigenvalue weighted by Crippen LogP contribution is 2.31. The lowest BCUT2D eigenvalue weighted by atomic mass is 9.91. The second-order valence-electron chi connectivity index (χ2n) is 7.26. The molecule has 2 heterocycles. The number of fused-ring (bicyclic) bond motifs is 1. The van der Waals surface area contributed by atoms with E-state index in [-0.39, 0.29) is 5.91 Å². The summed E-state index contributed by atoms with van der Waals surface area (Å²) in [7, 11) is 3.58. The van der Waals surface area contributed by atoms with Crippen LogP contribution in [-0.2, 0) is 6.42 Å². The Morgan fingerprint density at radius 3 is 2.62 bits per heavy atom. The van der Waals surface area contributed by atoms with E-state index < -0.39 is 0 Å². The maximum atomic E-state index is 12.8. The van der Waals surface area contributed by atoms with Crippen molar-refractivity contribution in [3.63, 3.8) is 0 Å². The van der Waals surface area contributed by atoms with Crippen molar-refractivity contribution in [3.05, 3.63) is 47.4 Å². The Hall–Kier alpha value is -2.89. The molecule has 136 valence electrons. The van der Waals surface area contributed by atoms with Gasteiger partial charge in [-0.05, 0) is 42.5 Å². The first-order chi connectivity index (χ1) is 12.3. The number of aromatic nitrogens is 3. The van der Waals surface area contributed by atoms with E-state index in [1.54, 1.807) is 25.1 Å². The maximum Gasteiger partial charge on any atom is 0.253 e. The minimum Gasteiger partial charge on any atom is -0.384 e. The van der Waals surface area contributed by atoms with Gasteiger partial charge in [0, 0.05) is 37.3 Å². The highest BCUT2D eigenvalue weighted by atomic mass is 16.2. The molecule has 0 saturated carbocycles. The third kappa shape index (κ3) is 3.14. The normalized spacial score (nSPS) is 11.3. The zero-order valence-electron chi connectivity index (χ0n) is 15.9. The summed E-state index contributed by atoms with van der Waals surface area (Å²) in [5, 5.41) is 1.08. The molecule has 1 aromatic carbocycles. The Morgan fingerprint density at radius 2 is 2.00 bits per heavy atom. The van der Waals surface area contributed by atoms with E-state index in [0.29, 0.717) is 17.6 Å². The third-order valence-corrected chi connectivity index (χ3v) is 4.45. The Balaban J connectivity index is 2.30. The number of aryl methyl sites for hydroxylation is 1. The van der Waals surface area contributed by atoms with E-state index in [1.807, 2.05) is 23.8 Å². The summed E-state index contributed by atoms with van der Waals surface area (Å²) in [6, 6.07) is 5.85. The monoisotopic (exact) mass is 351 g/mol. The lowest BCUT2D eigenvalue weighted by molar-refractivity contribution is 0.0826. The average molecular weight is 351 g/mol. The lowest BCUT2D eigenvalue weighted by Gasteiger charge is -2.19. The maximum absolute atomic E-state index is 12.8. The predicted octanol–water partition coefficient (Wildman–Crippen LogP) is 3.21. The number of rotatable bonds is 4. The van der Waals surface area contributed by atoms with Gasteiger partial charge >= 0.3 is 0 Å².